The molecule has 0 amide bonds. The molecule has 0 aromatic heterocycles. The summed E-state index contributed by atoms with van der Waals surface area (Å²) in [6, 6.07) is -0.528. The molecule has 0 rings (SSSR count). The minimum Gasteiger partial charge on any atom is -0.307 e. The van der Waals surface area contributed by atoms with Crippen LogP contribution in [-0.4, -0.2) is 19.1 Å². The molecule has 0 aromatic carbocycles. The van der Waals surface area contributed by atoms with Crippen LogP contribution in [0, 0.1) is 5.92 Å². The Labute approximate surface area is 65.8 Å². The summed E-state index contributed by atoms with van der Waals surface area (Å²) >= 11 is 0. The van der Waals surface area contributed by atoms with Gasteiger partial charge in [-0.15, -0.1) is 0 Å². The third-order valence-corrected chi connectivity index (χ3v) is 1.42. The van der Waals surface area contributed by atoms with E-state index in [9.17, 15) is 9.32 Å². The van der Waals surface area contributed by atoms with E-state index in [2.05, 4.69) is 10.3 Å². The summed E-state index contributed by atoms with van der Waals surface area (Å²) in [6.07, 6.45) is 0.583. The molecule has 66 valence electrons. The van der Waals surface area contributed by atoms with Crippen LogP contribution in [0.5, 0.6) is 0 Å². The number of likely N-dealkylation sites (N-methyl/N-ethyl adjacent to an activating group) is 1. The molecule has 1 atom stereocenters. The fraction of sp³-hybridized carbons (Fsp3) is 0.857. The first-order valence-corrected chi connectivity index (χ1v) is 3.61. The van der Waals surface area contributed by atoms with Gasteiger partial charge in [-0.2, -0.15) is 0 Å². The van der Waals surface area contributed by atoms with Crippen LogP contribution >= 0.6 is 0 Å². The fourth-order valence-electron chi connectivity index (χ4n) is 0.857. The van der Waals surface area contributed by atoms with E-state index >= 15 is 0 Å². The van der Waals surface area contributed by atoms with Gasteiger partial charge in [0.05, 0.1) is 0 Å². The Morgan fingerprint density at radius 3 is 2.45 bits per heavy atom. The molecule has 0 saturated heterocycles. The SMILES string of the molecule is CNC(CC(C)C)C(=O)OF. The highest BCUT2D eigenvalue weighted by molar-refractivity contribution is 5.75. The fourth-order valence-corrected chi connectivity index (χ4v) is 0.857. The van der Waals surface area contributed by atoms with E-state index in [1.807, 2.05) is 13.8 Å². The number of hydrogen-bond donors (Lipinski definition) is 1. The lowest BCUT2D eigenvalue weighted by Gasteiger charge is -2.12. The Bertz CT molecular complexity index is 128. The third kappa shape index (κ3) is 3.93. The van der Waals surface area contributed by atoms with E-state index in [0.717, 1.165) is 0 Å². The number of halogens is 1. The zero-order valence-electron chi connectivity index (χ0n) is 7.06. The molecule has 0 saturated carbocycles. The van der Waals surface area contributed by atoms with Crippen molar-refractivity contribution in [2.45, 2.75) is 26.3 Å². The zero-order chi connectivity index (χ0) is 8.85. The van der Waals surface area contributed by atoms with Gasteiger partial charge in [0, 0.05) is 4.53 Å². The highest BCUT2D eigenvalue weighted by atomic mass is 19.3. The van der Waals surface area contributed by atoms with Crippen molar-refractivity contribution >= 4 is 5.97 Å². The molecule has 1 N–H and O–H groups in total. The first-order valence-electron chi connectivity index (χ1n) is 3.61. The van der Waals surface area contributed by atoms with Crippen molar-refractivity contribution in [3.8, 4) is 0 Å². The second-order valence-electron chi connectivity index (χ2n) is 2.87. The Kier molecular flexibility index (Phi) is 4.77. The standard InChI is InChI=1S/C7H14FNO2/c1-5(2)4-6(9-3)7(10)11-8/h5-6,9H,4H2,1-3H3. The van der Waals surface area contributed by atoms with Crippen LogP contribution in [0.2, 0.25) is 0 Å². The minimum absolute atomic E-state index is 0.339. The maximum atomic E-state index is 11.4. The van der Waals surface area contributed by atoms with Gasteiger partial charge in [-0.25, -0.2) is 4.79 Å². The Morgan fingerprint density at radius 2 is 2.18 bits per heavy atom. The van der Waals surface area contributed by atoms with E-state index < -0.39 is 12.0 Å². The quantitative estimate of drug-likeness (QED) is 0.673. The lowest BCUT2D eigenvalue weighted by molar-refractivity contribution is -0.186. The van der Waals surface area contributed by atoms with Gasteiger partial charge in [0.25, 0.3) is 0 Å². The summed E-state index contributed by atoms with van der Waals surface area (Å²) in [6.45, 7) is 3.91. The average Bonchev–Trinajstić information content (AvgIpc) is 1.98. The van der Waals surface area contributed by atoms with Crippen molar-refractivity contribution in [1.82, 2.24) is 5.32 Å². The van der Waals surface area contributed by atoms with Crippen molar-refractivity contribution < 1.29 is 14.3 Å². The van der Waals surface area contributed by atoms with Gasteiger partial charge in [0.15, 0.2) is 0 Å². The summed E-state index contributed by atoms with van der Waals surface area (Å²) in [7, 11) is 1.60. The summed E-state index contributed by atoms with van der Waals surface area (Å²) in [4.78, 5) is 13.7. The molecule has 0 heterocycles. The van der Waals surface area contributed by atoms with Crippen molar-refractivity contribution in [3.05, 3.63) is 0 Å². The van der Waals surface area contributed by atoms with E-state index in [0.29, 0.717) is 12.3 Å². The largest absolute Gasteiger partial charge is 0.365 e. The van der Waals surface area contributed by atoms with Gasteiger partial charge in [-0.05, 0) is 19.4 Å². The Morgan fingerprint density at radius 1 is 1.64 bits per heavy atom. The van der Waals surface area contributed by atoms with Crippen LogP contribution in [0.25, 0.3) is 0 Å². The van der Waals surface area contributed by atoms with Crippen molar-refractivity contribution in [1.29, 1.82) is 0 Å². The van der Waals surface area contributed by atoms with Gasteiger partial charge in [-0.3, -0.25) is 4.94 Å². The van der Waals surface area contributed by atoms with Gasteiger partial charge in [-0.1, -0.05) is 13.8 Å². The molecular formula is C7H14FNO2. The molecular weight excluding hydrogens is 149 g/mol. The van der Waals surface area contributed by atoms with Crippen LogP contribution in [0.3, 0.4) is 0 Å². The van der Waals surface area contributed by atoms with Crippen molar-refractivity contribution in [3.63, 3.8) is 0 Å². The van der Waals surface area contributed by atoms with Gasteiger partial charge in [0.1, 0.15) is 6.04 Å². The van der Waals surface area contributed by atoms with Gasteiger partial charge < -0.3 is 5.32 Å². The summed E-state index contributed by atoms with van der Waals surface area (Å²) in [5.41, 5.74) is 0. The smallest absolute Gasteiger partial charge is 0.307 e. The monoisotopic (exact) mass is 163 g/mol. The van der Waals surface area contributed by atoms with E-state index in [-0.39, 0.29) is 0 Å². The second kappa shape index (κ2) is 5.07. The third-order valence-electron chi connectivity index (χ3n) is 1.42. The number of nitrogens with one attached hydrogen (secondary N) is 1. The normalized spacial score (nSPS) is 13.2. The predicted molar refractivity (Wildman–Crippen MR) is 39.5 cm³/mol. The second-order valence-corrected chi connectivity index (χ2v) is 2.87. The van der Waals surface area contributed by atoms with E-state index in [4.69, 9.17) is 0 Å². The van der Waals surface area contributed by atoms with Crippen LogP contribution in [-0.2, 0) is 9.74 Å². The summed E-state index contributed by atoms with van der Waals surface area (Å²) in [5, 5.41) is 2.67. The molecule has 1 unspecified atom stereocenters. The molecule has 0 aliphatic rings. The average molecular weight is 163 g/mol. The molecule has 0 aliphatic heterocycles. The zero-order valence-corrected chi connectivity index (χ0v) is 7.06. The molecule has 0 radical (unpaired) electrons. The number of carbonyl (C=O) groups is 1. The number of rotatable bonds is 4. The summed E-state index contributed by atoms with van der Waals surface area (Å²) in [5.74, 6) is -0.507. The maximum Gasteiger partial charge on any atom is 0.365 e. The number of hydrogen-bond acceptors (Lipinski definition) is 3. The summed E-state index contributed by atoms with van der Waals surface area (Å²) < 4.78 is 11.4. The van der Waals surface area contributed by atoms with Gasteiger partial charge >= 0.3 is 5.97 Å². The van der Waals surface area contributed by atoms with Crippen LogP contribution in [0.15, 0.2) is 0 Å². The Balaban J connectivity index is 3.84. The molecule has 0 spiro atoms. The first kappa shape index (κ1) is 10.4. The predicted octanol–water partition coefficient (Wildman–Crippen LogP) is 1.05. The van der Waals surface area contributed by atoms with E-state index in [1.165, 1.54) is 0 Å². The first-order chi connectivity index (χ1) is 5.11. The minimum atomic E-state index is -0.846. The Hall–Kier alpha value is -0.640. The maximum absolute atomic E-state index is 11.4. The highest BCUT2D eigenvalue weighted by Crippen LogP contribution is 2.05. The lowest BCUT2D eigenvalue weighted by atomic mass is 10.0. The molecule has 0 fully saturated rings. The molecule has 11 heavy (non-hydrogen) atoms. The van der Waals surface area contributed by atoms with Gasteiger partial charge in [0.2, 0.25) is 0 Å². The number of carbonyl (C=O) groups excluding carboxylic acids is 1. The molecule has 0 aliphatic carbocycles. The highest BCUT2D eigenvalue weighted by Gasteiger charge is 2.19. The van der Waals surface area contributed by atoms with Crippen molar-refractivity contribution in [2.24, 2.45) is 5.92 Å². The lowest BCUT2D eigenvalue weighted by Crippen LogP contribution is -2.35. The topological polar surface area (TPSA) is 38.3 Å². The van der Waals surface area contributed by atoms with Crippen molar-refractivity contribution in [2.75, 3.05) is 7.05 Å². The molecule has 0 aromatic rings. The molecule has 4 heteroatoms. The van der Waals surface area contributed by atoms with Crippen LogP contribution in [0.4, 0.5) is 4.53 Å². The van der Waals surface area contributed by atoms with E-state index in [1.54, 1.807) is 7.05 Å². The molecule has 3 nitrogen and oxygen atoms in total. The van der Waals surface area contributed by atoms with Crippen LogP contribution < -0.4 is 5.32 Å². The molecule has 0 bridgehead atoms. The van der Waals surface area contributed by atoms with Crippen LogP contribution in [0.1, 0.15) is 20.3 Å².